The number of nitrogens with zero attached hydrogens (tertiary/aromatic N) is 3. The molecule has 11 heteroatoms. The highest BCUT2D eigenvalue weighted by atomic mass is 32.2. The van der Waals surface area contributed by atoms with Gasteiger partial charge < -0.3 is 4.42 Å². The number of nitro groups is 2. The van der Waals surface area contributed by atoms with Crippen LogP contribution < -0.4 is 4.90 Å². The molecule has 26 heavy (non-hydrogen) atoms. The fourth-order valence-electron chi connectivity index (χ4n) is 2.33. The number of furan rings is 1. The first kappa shape index (κ1) is 17.8. The predicted octanol–water partition coefficient (Wildman–Crippen LogP) is 3.81. The molecule has 1 amide bonds. The standard InChI is InChI=1S/C15H9N3O6S2/c1-8-6-9(17(20)21)2-4-11(8)16-14(19)12(26-15(16)25)7-10-3-5-13(24-10)18(22)23/h2-7H,1H3/b12-7-. The number of carbonyl (C=O) groups excluding carboxylic acids is 1. The van der Waals surface area contributed by atoms with Crippen molar-refractivity contribution < 1.29 is 19.1 Å². The van der Waals surface area contributed by atoms with E-state index in [2.05, 4.69) is 0 Å². The summed E-state index contributed by atoms with van der Waals surface area (Å²) in [6, 6.07) is 6.67. The van der Waals surface area contributed by atoms with Crippen LogP contribution >= 0.6 is 24.0 Å². The quantitative estimate of drug-likeness (QED) is 0.334. The van der Waals surface area contributed by atoms with Gasteiger partial charge in [0.15, 0.2) is 4.32 Å². The van der Waals surface area contributed by atoms with Crippen LogP contribution in [0.4, 0.5) is 17.3 Å². The van der Waals surface area contributed by atoms with E-state index in [4.69, 9.17) is 16.6 Å². The predicted molar refractivity (Wildman–Crippen MR) is 98.8 cm³/mol. The number of benzene rings is 1. The third-order valence-electron chi connectivity index (χ3n) is 3.49. The summed E-state index contributed by atoms with van der Waals surface area (Å²) >= 11 is 6.25. The van der Waals surface area contributed by atoms with E-state index < -0.39 is 21.6 Å². The lowest BCUT2D eigenvalue weighted by Crippen LogP contribution is -2.28. The van der Waals surface area contributed by atoms with Crippen molar-refractivity contribution in [2.75, 3.05) is 4.90 Å². The monoisotopic (exact) mass is 391 g/mol. The van der Waals surface area contributed by atoms with Gasteiger partial charge in [-0.25, -0.2) is 0 Å². The summed E-state index contributed by atoms with van der Waals surface area (Å²) < 4.78 is 5.27. The molecule has 1 aliphatic rings. The van der Waals surface area contributed by atoms with Crippen molar-refractivity contribution in [3.8, 4) is 0 Å². The van der Waals surface area contributed by atoms with Gasteiger partial charge in [0.2, 0.25) is 0 Å². The summed E-state index contributed by atoms with van der Waals surface area (Å²) in [5.41, 5.74) is 0.868. The molecular formula is C15H9N3O6S2. The summed E-state index contributed by atoms with van der Waals surface area (Å²) in [4.78, 5) is 34.5. The van der Waals surface area contributed by atoms with Crippen LogP contribution in [0.25, 0.3) is 6.08 Å². The molecule has 0 aliphatic carbocycles. The Labute approximate surface area is 155 Å². The third-order valence-corrected chi connectivity index (χ3v) is 4.79. The molecule has 1 saturated heterocycles. The smallest absolute Gasteiger partial charge is 0.401 e. The summed E-state index contributed by atoms with van der Waals surface area (Å²) in [5.74, 6) is -0.716. The second-order valence-corrected chi connectivity index (χ2v) is 6.85. The Morgan fingerprint density at radius 1 is 1.19 bits per heavy atom. The van der Waals surface area contributed by atoms with Gasteiger partial charge in [-0.2, -0.15) is 0 Å². The number of hydrogen-bond donors (Lipinski definition) is 0. The Morgan fingerprint density at radius 3 is 2.50 bits per heavy atom. The van der Waals surface area contributed by atoms with Crippen LogP contribution in [0.3, 0.4) is 0 Å². The average molecular weight is 391 g/mol. The first-order valence-corrected chi connectivity index (χ1v) is 8.27. The van der Waals surface area contributed by atoms with Crippen LogP contribution in [0.5, 0.6) is 0 Å². The highest BCUT2D eigenvalue weighted by molar-refractivity contribution is 8.27. The van der Waals surface area contributed by atoms with Crippen molar-refractivity contribution in [1.29, 1.82) is 0 Å². The van der Waals surface area contributed by atoms with Gasteiger partial charge in [-0.05, 0) is 24.6 Å². The maximum absolute atomic E-state index is 12.7. The van der Waals surface area contributed by atoms with E-state index in [9.17, 15) is 25.0 Å². The summed E-state index contributed by atoms with van der Waals surface area (Å²) in [7, 11) is 0. The minimum atomic E-state index is -0.678. The van der Waals surface area contributed by atoms with Gasteiger partial charge in [-0.15, -0.1) is 0 Å². The molecule has 0 spiro atoms. The van der Waals surface area contributed by atoms with E-state index in [0.29, 0.717) is 11.3 Å². The maximum atomic E-state index is 12.7. The lowest BCUT2D eigenvalue weighted by atomic mass is 10.1. The van der Waals surface area contributed by atoms with Gasteiger partial charge in [0, 0.05) is 18.2 Å². The highest BCUT2D eigenvalue weighted by Gasteiger charge is 2.34. The SMILES string of the molecule is Cc1cc([N+](=O)[O-])ccc1N1C(=O)/C(=C/c2ccc([N+](=O)[O-])o2)SC1=S. The van der Waals surface area contributed by atoms with Crippen molar-refractivity contribution in [2.45, 2.75) is 6.92 Å². The third kappa shape index (κ3) is 3.21. The van der Waals surface area contributed by atoms with E-state index in [-0.39, 0.29) is 20.7 Å². The molecular weight excluding hydrogens is 382 g/mol. The molecule has 0 saturated carbocycles. The highest BCUT2D eigenvalue weighted by Crippen LogP contribution is 2.38. The second kappa shape index (κ2) is 6.69. The fourth-order valence-corrected chi connectivity index (χ4v) is 3.59. The molecule has 0 bridgehead atoms. The van der Waals surface area contributed by atoms with Gasteiger partial charge in [0.1, 0.15) is 10.7 Å². The van der Waals surface area contributed by atoms with Crippen LogP contribution in [-0.4, -0.2) is 20.1 Å². The lowest BCUT2D eigenvalue weighted by molar-refractivity contribution is -0.402. The van der Waals surface area contributed by atoms with Gasteiger partial charge in [-0.1, -0.05) is 24.0 Å². The number of thiocarbonyl (C=S) groups is 1. The first-order chi connectivity index (χ1) is 12.3. The Bertz CT molecular complexity index is 997. The van der Waals surface area contributed by atoms with E-state index in [1.807, 2.05) is 0 Å². The molecule has 1 aromatic carbocycles. The Hall–Kier alpha value is -3.05. The fraction of sp³-hybridized carbons (Fsp3) is 0.0667. The van der Waals surface area contributed by atoms with Crippen LogP contribution in [0.1, 0.15) is 11.3 Å². The summed E-state index contributed by atoms with van der Waals surface area (Å²) in [5, 5.41) is 21.5. The summed E-state index contributed by atoms with van der Waals surface area (Å²) in [6.45, 7) is 1.64. The van der Waals surface area contributed by atoms with Crippen LogP contribution in [0.2, 0.25) is 0 Å². The van der Waals surface area contributed by atoms with Crippen LogP contribution in [0, 0.1) is 27.2 Å². The molecule has 3 rings (SSSR count). The topological polar surface area (TPSA) is 120 Å². The minimum Gasteiger partial charge on any atom is -0.401 e. The number of non-ortho nitro benzene ring substituents is 1. The molecule has 2 heterocycles. The number of carbonyl (C=O) groups is 1. The zero-order valence-electron chi connectivity index (χ0n) is 13.1. The zero-order chi connectivity index (χ0) is 19.0. The van der Waals surface area contributed by atoms with E-state index in [1.54, 1.807) is 6.92 Å². The van der Waals surface area contributed by atoms with Gasteiger partial charge >= 0.3 is 5.88 Å². The van der Waals surface area contributed by atoms with Crippen LogP contribution in [-0.2, 0) is 4.79 Å². The van der Waals surface area contributed by atoms with Crippen molar-refractivity contribution in [3.63, 3.8) is 0 Å². The van der Waals surface area contributed by atoms with E-state index >= 15 is 0 Å². The van der Waals surface area contributed by atoms with Gasteiger partial charge in [-0.3, -0.25) is 29.9 Å². The number of aryl methyl sites for hydroxylation is 1. The van der Waals surface area contributed by atoms with Gasteiger partial charge in [0.05, 0.1) is 21.6 Å². The normalized spacial score (nSPS) is 15.7. The lowest BCUT2D eigenvalue weighted by Gasteiger charge is -2.16. The number of anilines is 1. The molecule has 1 fully saturated rings. The Kier molecular flexibility index (Phi) is 4.57. The Morgan fingerprint density at radius 2 is 1.92 bits per heavy atom. The molecule has 0 atom stereocenters. The minimum absolute atomic E-state index is 0.0878. The molecule has 0 unspecified atom stereocenters. The number of rotatable bonds is 4. The molecule has 0 radical (unpaired) electrons. The molecule has 0 N–H and O–H groups in total. The van der Waals surface area contributed by atoms with E-state index in [1.165, 1.54) is 41.3 Å². The number of hydrogen-bond acceptors (Lipinski definition) is 8. The molecule has 2 aromatic rings. The molecule has 132 valence electrons. The number of thioether (sulfide) groups is 1. The first-order valence-electron chi connectivity index (χ1n) is 7.05. The van der Waals surface area contributed by atoms with Crippen molar-refractivity contribution in [1.82, 2.24) is 0 Å². The van der Waals surface area contributed by atoms with E-state index in [0.717, 1.165) is 11.8 Å². The molecule has 9 nitrogen and oxygen atoms in total. The van der Waals surface area contributed by atoms with Gasteiger partial charge in [0.25, 0.3) is 11.6 Å². The number of nitro benzene ring substituents is 1. The maximum Gasteiger partial charge on any atom is 0.433 e. The average Bonchev–Trinajstić information content (AvgIpc) is 3.14. The molecule has 1 aliphatic heterocycles. The number of amides is 1. The van der Waals surface area contributed by atoms with Crippen molar-refractivity contribution in [3.05, 3.63) is 66.8 Å². The largest absolute Gasteiger partial charge is 0.433 e. The molecule has 1 aromatic heterocycles. The Balaban J connectivity index is 1.93. The van der Waals surface area contributed by atoms with Crippen LogP contribution in [0.15, 0.2) is 39.7 Å². The van der Waals surface area contributed by atoms with Crippen molar-refractivity contribution >= 4 is 57.5 Å². The zero-order valence-corrected chi connectivity index (χ0v) is 14.7. The summed E-state index contributed by atoms with van der Waals surface area (Å²) in [6.07, 6.45) is 1.37. The van der Waals surface area contributed by atoms with Crippen molar-refractivity contribution in [2.24, 2.45) is 0 Å². The second-order valence-electron chi connectivity index (χ2n) is 5.18.